The first-order chi connectivity index (χ1) is 15.2. The zero-order valence-corrected chi connectivity index (χ0v) is 18.9. The third-order valence-corrected chi connectivity index (χ3v) is 7.19. The van der Waals surface area contributed by atoms with Crippen molar-refractivity contribution in [2.24, 2.45) is 0 Å². The maximum absolute atomic E-state index is 5.27. The van der Waals surface area contributed by atoms with Crippen molar-refractivity contribution in [2.45, 2.75) is 58.4 Å². The predicted octanol–water partition coefficient (Wildman–Crippen LogP) is 5.62. The Kier molecular flexibility index (Phi) is 5.82. The first kappa shape index (κ1) is 20.3. The minimum atomic E-state index is 0.562. The first-order valence-electron chi connectivity index (χ1n) is 11.9. The fraction of sp³-hybridized carbons (Fsp3) is 0.444. The summed E-state index contributed by atoms with van der Waals surface area (Å²) in [4.78, 5) is 2.60. The molecule has 1 aromatic heterocycles. The van der Waals surface area contributed by atoms with E-state index in [1.165, 1.54) is 65.1 Å². The zero-order chi connectivity index (χ0) is 21.2. The highest BCUT2D eigenvalue weighted by atomic mass is 15.3. The smallest absolute Gasteiger partial charge is 0.133 e. The molecule has 2 aliphatic heterocycles. The zero-order valence-electron chi connectivity index (χ0n) is 18.9. The highest BCUT2D eigenvalue weighted by Crippen LogP contribution is 2.37. The van der Waals surface area contributed by atoms with Crippen molar-refractivity contribution in [1.82, 2.24) is 14.7 Å². The van der Waals surface area contributed by atoms with Gasteiger partial charge in [0.25, 0.3) is 0 Å². The Morgan fingerprint density at radius 3 is 2.58 bits per heavy atom. The van der Waals surface area contributed by atoms with E-state index in [0.29, 0.717) is 5.92 Å². The lowest BCUT2D eigenvalue weighted by atomic mass is 9.90. The number of anilines is 1. The molecule has 2 aromatic carbocycles. The van der Waals surface area contributed by atoms with Crippen LogP contribution in [0.4, 0.5) is 5.82 Å². The second kappa shape index (κ2) is 8.88. The second-order valence-electron chi connectivity index (χ2n) is 9.26. The highest BCUT2D eigenvalue weighted by molar-refractivity contribution is 5.57. The van der Waals surface area contributed by atoms with Crippen molar-refractivity contribution in [3.63, 3.8) is 0 Å². The Labute approximate surface area is 186 Å². The number of aryl methyl sites for hydroxylation is 1. The van der Waals surface area contributed by atoms with E-state index in [1.54, 1.807) is 0 Å². The summed E-state index contributed by atoms with van der Waals surface area (Å²) in [7, 11) is 0. The lowest BCUT2D eigenvalue weighted by Crippen LogP contribution is -2.32. The molecule has 0 amide bonds. The fourth-order valence-electron chi connectivity index (χ4n) is 5.20. The summed E-state index contributed by atoms with van der Waals surface area (Å²) in [6, 6.07) is 17.4. The lowest BCUT2D eigenvalue weighted by molar-refractivity contribution is 0.203. The monoisotopic (exact) mass is 414 g/mol. The van der Waals surface area contributed by atoms with E-state index in [1.807, 2.05) is 0 Å². The largest absolute Gasteiger partial charge is 0.370 e. The van der Waals surface area contributed by atoms with Gasteiger partial charge in [0, 0.05) is 24.6 Å². The predicted molar refractivity (Wildman–Crippen MR) is 128 cm³/mol. The van der Waals surface area contributed by atoms with Crippen molar-refractivity contribution in [3.8, 4) is 5.69 Å². The molecule has 2 aliphatic rings. The van der Waals surface area contributed by atoms with Crippen molar-refractivity contribution in [1.29, 1.82) is 0 Å². The molecule has 1 N–H and O–H groups in total. The Morgan fingerprint density at radius 1 is 0.968 bits per heavy atom. The quantitative estimate of drug-likeness (QED) is 0.602. The average Bonchev–Trinajstić information content (AvgIpc) is 2.98. The van der Waals surface area contributed by atoms with E-state index < -0.39 is 0 Å². The van der Waals surface area contributed by atoms with E-state index >= 15 is 0 Å². The molecule has 0 unspecified atom stereocenters. The van der Waals surface area contributed by atoms with Crippen molar-refractivity contribution in [3.05, 3.63) is 76.5 Å². The number of benzene rings is 2. The van der Waals surface area contributed by atoms with Crippen LogP contribution in [-0.4, -0.2) is 34.3 Å². The molecule has 1 fully saturated rings. The number of rotatable bonds is 4. The molecule has 162 valence electrons. The van der Waals surface area contributed by atoms with Crippen LogP contribution in [0.15, 0.2) is 48.5 Å². The second-order valence-corrected chi connectivity index (χ2v) is 9.26. The Hall–Kier alpha value is -2.59. The number of fused-ring (bicyclic) bond motifs is 1. The Bertz CT molecular complexity index is 1030. The summed E-state index contributed by atoms with van der Waals surface area (Å²) >= 11 is 0. The maximum Gasteiger partial charge on any atom is 0.133 e. The van der Waals surface area contributed by atoms with Gasteiger partial charge in [0.15, 0.2) is 0 Å². The standard InChI is InChI=1S/C27H34N4/c1-20-9-8-13-25(21(20)2)31-27-24(12-6-7-16-28-27)26(29-31)23-14-17-30(18-15-23)19-22-10-4-3-5-11-22/h3-5,8-11,13,23,28H,6-7,12,14-19H2,1-2H3. The summed E-state index contributed by atoms with van der Waals surface area (Å²) < 4.78 is 2.22. The van der Waals surface area contributed by atoms with Gasteiger partial charge in [-0.15, -0.1) is 0 Å². The van der Waals surface area contributed by atoms with Gasteiger partial charge in [0.2, 0.25) is 0 Å². The number of aromatic nitrogens is 2. The number of likely N-dealkylation sites (tertiary alicyclic amines) is 1. The SMILES string of the molecule is Cc1cccc(-n2nc(C3CCN(Cc4ccccc4)CC3)c3c2NCCCC3)c1C. The van der Waals surface area contributed by atoms with Crippen LogP contribution in [0.25, 0.3) is 5.69 Å². The molecule has 0 bridgehead atoms. The summed E-state index contributed by atoms with van der Waals surface area (Å²) in [5, 5.41) is 9.00. The first-order valence-corrected chi connectivity index (χ1v) is 11.9. The van der Waals surface area contributed by atoms with Crippen LogP contribution in [-0.2, 0) is 13.0 Å². The molecule has 3 aromatic rings. The number of nitrogens with zero attached hydrogens (tertiary/aromatic N) is 3. The molecule has 5 rings (SSSR count). The summed E-state index contributed by atoms with van der Waals surface area (Å²) in [6.45, 7) is 8.81. The molecule has 1 saturated heterocycles. The maximum atomic E-state index is 5.27. The van der Waals surface area contributed by atoms with E-state index in [0.717, 1.165) is 32.6 Å². The summed E-state index contributed by atoms with van der Waals surface area (Å²) in [5.41, 5.74) is 8.11. The van der Waals surface area contributed by atoms with Gasteiger partial charge in [-0.25, -0.2) is 4.68 Å². The molecule has 3 heterocycles. The minimum Gasteiger partial charge on any atom is -0.370 e. The molecule has 0 saturated carbocycles. The molecule has 0 spiro atoms. The van der Waals surface area contributed by atoms with Gasteiger partial charge < -0.3 is 5.32 Å². The average molecular weight is 415 g/mol. The molecular formula is C27H34N4. The van der Waals surface area contributed by atoms with Crippen LogP contribution in [0, 0.1) is 13.8 Å². The number of hydrogen-bond donors (Lipinski definition) is 1. The normalized spacial score (nSPS) is 17.7. The van der Waals surface area contributed by atoms with Gasteiger partial charge in [0.05, 0.1) is 11.4 Å². The Morgan fingerprint density at radius 2 is 1.77 bits per heavy atom. The van der Waals surface area contributed by atoms with Crippen molar-refractivity contribution in [2.75, 3.05) is 25.0 Å². The van der Waals surface area contributed by atoms with Crippen molar-refractivity contribution < 1.29 is 0 Å². The van der Waals surface area contributed by atoms with Crippen LogP contribution in [0.1, 0.15) is 59.5 Å². The van der Waals surface area contributed by atoms with Gasteiger partial charge in [-0.05, 0) is 81.8 Å². The molecule has 31 heavy (non-hydrogen) atoms. The van der Waals surface area contributed by atoms with E-state index in [2.05, 4.69) is 77.3 Å². The van der Waals surface area contributed by atoms with E-state index in [9.17, 15) is 0 Å². The van der Waals surface area contributed by atoms with Gasteiger partial charge in [-0.3, -0.25) is 4.90 Å². The van der Waals surface area contributed by atoms with Gasteiger partial charge in [-0.1, -0.05) is 42.5 Å². The van der Waals surface area contributed by atoms with Crippen LogP contribution in [0.3, 0.4) is 0 Å². The molecule has 0 radical (unpaired) electrons. The van der Waals surface area contributed by atoms with Gasteiger partial charge in [0.1, 0.15) is 5.82 Å². The van der Waals surface area contributed by atoms with Crippen LogP contribution in [0.5, 0.6) is 0 Å². The highest BCUT2D eigenvalue weighted by Gasteiger charge is 2.29. The lowest BCUT2D eigenvalue weighted by Gasteiger charge is -2.31. The number of piperidine rings is 1. The van der Waals surface area contributed by atoms with Crippen LogP contribution >= 0.6 is 0 Å². The summed E-state index contributed by atoms with van der Waals surface area (Å²) in [5.74, 6) is 1.81. The Balaban J connectivity index is 1.41. The topological polar surface area (TPSA) is 33.1 Å². The molecule has 0 atom stereocenters. The number of hydrogen-bond acceptors (Lipinski definition) is 3. The fourth-order valence-corrected chi connectivity index (χ4v) is 5.20. The molecule has 4 nitrogen and oxygen atoms in total. The van der Waals surface area contributed by atoms with E-state index in [4.69, 9.17) is 5.10 Å². The van der Waals surface area contributed by atoms with Crippen LogP contribution < -0.4 is 5.32 Å². The third kappa shape index (κ3) is 4.14. The molecule has 4 heteroatoms. The van der Waals surface area contributed by atoms with Gasteiger partial charge >= 0.3 is 0 Å². The van der Waals surface area contributed by atoms with Crippen LogP contribution in [0.2, 0.25) is 0 Å². The minimum absolute atomic E-state index is 0.562. The van der Waals surface area contributed by atoms with Gasteiger partial charge in [-0.2, -0.15) is 5.10 Å². The molecule has 0 aliphatic carbocycles. The third-order valence-electron chi connectivity index (χ3n) is 7.19. The molecular weight excluding hydrogens is 380 g/mol. The number of nitrogens with one attached hydrogen (secondary N) is 1. The van der Waals surface area contributed by atoms with Crippen molar-refractivity contribution >= 4 is 5.82 Å². The summed E-state index contributed by atoms with van der Waals surface area (Å²) in [6.07, 6.45) is 6.02. The van der Waals surface area contributed by atoms with E-state index in [-0.39, 0.29) is 0 Å².